The summed E-state index contributed by atoms with van der Waals surface area (Å²) in [6.45, 7) is 2.00. The van der Waals surface area contributed by atoms with E-state index in [-0.39, 0.29) is 12.2 Å². The van der Waals surface area contributed by atoms with Gasteiger partial charge >= 0.3 is 5.97 Å². The lowest BCUT2D eigenvalue weighted by Gasteiger charge is -2.12. The van der Waals surface area contributed by atoms with Crippen LogP contribution in [0.15, 0.2) is 42.0 Å². The normalized spacial score (nSPS) is 13.2. The Kier molecular flexibility index (Phi) is 6.76. The quantitative estimate of drug-likeness (QED) is 0.298. The summed E-state index contributed by atoms with van der Waals surface area (Å²) in [6, 6.07) is 13.4. The molecule has 0 aliphatic heterocycles. The molecule has 0 saturated carbocycles. The van der Waals surface area contributed by atoms with E-state index in [0.717, 1.165) is 46.9 Å². The summed E-state index contributed by atoms with van der Waals surface area (Å²) in [5, 5.41) is 14.9. The molecule has 2 aromatic carbocycles. The van der Waals surface area contributed by atoms with Crippen molar-refractivity contribution in [3.63, 3.8) is 0 Å². The van der Waals surface area contributed by atoms with Crippen molar-refractivity contribution < 1.29 is 19.1 Å². The number of fused-ring (bicyclic) bond motifs is 2. The zero-order chi connectivity index (χ0) is 23.4. The molecule has 168 valence electrons. The number of aryl methyl sites for hydroxylation is 1. The van der Waals surface area contributed by atoms with Crippen molar-refractivity contribution in [3.8, 4) is 11.8 Å². The lowest BCUT2D eigenvalue weighted by molar-refractivity contribution is -0.112. The van der Waals surface area contributed by atoms with E-state index < -0.39 is 11.9 Å². The molecule has 33 heavy (non-hydrogen) atoms. The number of benzene rings is 2. The maximum absolute atomic E-state index is 13.1. The third-order valence-corrected chi connectivity index (χ3v) is 6.89. The van der Waals surface area contributed by atoms with Crippen LogP contribution in [0.2, 0.25) is 0 Å². The molecule has 0 spiro atoms. The van der Waals surface area contributed by atoms with E-state index in [1.807, 2.05) is 42.5 Å². The second-order valence-corrected chi connectivity index (χ2v) is 8.77. The average molecular weight is 461 g/mol. The molecule has 0 radical (unpaired) electrons. The highest BCUT2D eigenvalue weighted by Crippen LogP contribution is 2.39. The van der Waals surface area contributed by atoms with Crippen LogP contribution in [0, 0.1) is 11.3 Å². The fourth-order valence-corrected chi connectivity index (χ4v) is 5.41. The Morgan fingerprint density at radius 2 is 1.97 bits per heavy atom. The van der Waals surface area contributed by atoms with Crippen molar-refractivity contribution in [2.24, 2.45) is 0 Å². The van der Waals surface area contributed by atoms with Crippen LogP contribution >= 0.6 is 11.3 Å². The highest BCUT2D eigenvalue weighted by atomic mass is 32.1. The molecule has 1 aromatic heterocycles. The number of ether oxygens (including phenoxy) is 2. The molecule has 0 saturated heterocycles. The molecular weight excluding hydrogens is 436 g/mol. The zero-order valence-electron chi connectivity index (χ0n) is 18.6. The number of carbonyl (C=O) groups excluding carboxylic acids is 2. The first-order chi connectivity index (χ1) is 16.1. The van der Waals surface area contributed by atoms with Crippen LogP contribution in [0.1, 0.15) is 46.1 Å². The van der Waals surface area contributed by atoms with Crippen LogP contribution in [-0.2, 0) is 22.4 Å². The minimum atomic E-state index is -0.573. The summed E-state index contributed by atoms with van der Waals surface area (Å²) in [6.07, 6.45) is 5.23. The van der Waals surface area contributed by atoms with Gasteiger partial charge in [0.25, 0.3) is 5.91 Å². The van der Waals surface area contributed by atoms with Gasteiger partial charge in [0.15, 0.2) is 0 Å². The van der Waals surface area contributed by atoms with Crippen molar-refractivity contribution in [1.29, 1.82) is 5.26 Å². The predicted octanol–water partition coefficient (Wildman–Crippen LogP) is 5.51. The number of carbonyl (C=O) groups is 2. The maximum atomic E-state index is 13.1. The lowest BCUT2D eigenvalue weighted by Crippen LogP contribution is -2.16. The number of hydrogen-bond acceptors (Lipinski definition) is 6. The Morgan fingerprint density at radius 1 is 1.18 bits per heavy atom. The summed E-state index contributed by atoms with van der Waals surface area (Å²) >= 11 is 1.39. The number of rotatable bonds is 6. The van der Waals surface area contributed by atoms with Gasteiger partial charge < -0.3 is 14.8 Å². The van der Waals surface area contributed by atoms with Crippen molar-refractivity contribution in [2.75, 3.05) is 19.0 Å². The van der Waals surface area contributed by atoms with Gasteiger partial charge in [-0.1, -0.05) is 30.3 Å². The summed E-state index contributed by atoms with van der Waals surface area (Å²) in [7, 11) is 1.55. The standard InChI is InChI=1S/C26H24N2O4S/c1-3-32-26(30)23-19-10-6-7-11-22(19)33-25(23)28-24(29)17(15-27)14-20-18-9-5-4-8-16(18)12-13-21(20)31-2/h4-5,8-9,12-14H,3,6-7,10-11H2,1-2H3,(H,28,29). The minimum Gasteiger partial charge on any atom is -0.496 e. The molecule has 1 N–H and O–H groups in total. The first-order valence-electron chi connectivity index (χ1n) is 10.9. The molecule has 0 unspecified atom stereocenters. The Bertz CT molecular complexity index is 1300. The van der Waals surface area contributed by atoms with Crippen molar-refractivity contribution >= 4 is 45.1 Å². The Labute approximate surface area is 196 Å². The average Bonchev–Trinajstić information content (AvgIpc) is 3.20. The van der Waals surface area contributed by atoms with E-state index in [0.29, 0.717) is 21.9 Å². The Morgan fingerprint density at radius 3 is 2.73 bits per heavy atom. The molecule has 0 bridgehead atoms. The summed E-state index contributed by atoms with van der Waals surface area (Å²) in [5.74, 6) is -0.449. The number of esters is 1. The molecule has 1 aliphatic carbocycles. The smallest absolute Gasteiger partial charge is 0.341 e. The number of amides is 1. The first kappa shape index (κ1) is 22.6. The van der Waals surface area contributed by atoms with E-state index in [1.54, 1.807) is 14.0 Å². The number of hydrogen-bond donors (Lipinski definition) is 1. The molecule has 0 fully saturated rings. The highest BCUT2D eigenvalue weighted by molar-refractivity contribution is 7.17. The SMILES string of the molecule is CCOC(=O)c1c(NC(=O)C(C#N)=Cc2c(OC)ccc3ccccc23)sc2c1CCCC2. The number of anilines is 1. The molecule has 1 heterocycles. The molecule has 1 amide bonds. The van der Waals surface area contributed by atoms with Crippen LogP contribution in [-0.4, -0.2) is 25.6 Å². The third kappa shape index (κ3) is 4.48. The minimum absolute atomic E-state index is 0.0779. The number of methoxy groups -OCH3 is 1. The van der Waals surface area contributed by atoms with Crippen LogP contribution < -0.4 is 10.1 Å². The van der Waals surface area contributed by atoms with Crippen LogP contribution in [0.25, 0.3) is 16.8 Å². The lowest BCUT2D eigenvalue weighted by atomic mass is 9.95. The topological polar surface area (TPSA) is 88.4 Å². The van der Waals surface area contributed by atoms with Gasteiger partial charge in [0.05, 0.1) is 19.3 Å². The highest BCUT2D eigenvalue weighted by Gasteiger charge is 2.28. The van der Waals surface area contributed by atoms with Crippen LogP contribution in [0.5, 0.6) is 5.75 Å². The molecule has 6 nitrogen and oxygen atoms in total. The molecule has 0 atom stereocenters. The van der Waals surface area contributed by atoms with Gasteiger partial charge in [0.2, 0.25) is 0 Å². The fraction of sp³-hybridized carbons (Fsp3) is 0.269. The summed E-state index contributed by atoms with van der Waals surface area (Å²) in [4.78, 5) is 26.9. The van der Waals surface area contributed by atoms with Gasteiger partial charge in [-0.3, -0.25) is 4.79 Å². The van der Waals surface area contributed by atoms with E-state index in [4.69, 9.17) is 9.47 Å². The first-order valence-corrected chi connectivity index (χ1v) is 11.7. The molecule has 7 heteroatoms. The van der Waals surface area contributed by atoms with Gasteiger partial charge in [-0.2, -0.15) is 5.26 Å². The number of nitrogens with zero attached hydrogens (tertiary/aromatic N) is 1. The van der Waals surface area contributed by atoms with Gasteiger partial charge in [-0.25, -0.2) is 4.79 Å². The number of nitriles is 1. The van der Waals surface area contributed by atoms with E-state index in [1.165, 1.54) is 17.4 Å². The zero-order valence-corrected chi connectivity index (χ0v) is 19.4. The summed E-state index contributed by atoms with van der Waals surface area (Å²) < 4.78 is 10.7. The monoisotopic (exact) mass is 460 g/mol. The molecule has 1 aliphatic rings. The van der Waals surface area contributed by atoms with E-state index >= 15 is 0 Å². The van der Waals surface area contributed by atoms with Crippen molar-refractivity contribution in [2.45, 2.75) is 32.6 Å². The number of nitrogens with one attached hydrogen (secondary N) is 1. The Hall–Kier alpha value is -3.63. The Balaban J connectivity index is 1.73. The molecule has 4 rings (SSSR count). The van der Waals surface area contributed by atoms with Gasteiger partial charge in [-0.05, 0) is 61.1 Å². The van der Waals surface area contributed by atoms with Crippen LogP contribution in [0.3, 0.4) is 0 Å². The van der Waals surface area contributed by atoms with Gasteiger partial charge in [-0.15, -0.1) is 11.3 Å². The number of thiophene rings is 1. The molecular formula is C26H24N2O4S. The van der Waals surface area contributed by atoms with Crippen molar-refractivity contribution in [1.82, 2.24) is 0 Å². The van der Waals surface area contributed by atoms with Crippen molar-refractivity contribution in [3.05, 3.63) is 63.5 Å². The molecule has 3 aromatic rings. The van der Waals surface area contributed by atoms with Crippen LogP contribution in [0.4, 0.5) is 5.00 Å². The maximum Gasteiger partial charge on any atom is 0.341 e. The van der Waals surface area contributed by atoms with Gasteiger partial charge in [0, 0.05) is 10.4 Å². The second kappa shape index (κ2) is 9.88. The van der Waals surface area contributed by atoms with E-state index in [2.05, 4.69) is 5.32 Å². The predicted molar refractivity (Wildman–Crippen MR) is 130 cm³/mol. The largest absolute Gasteiger partial charge is 0.496 e. The van der Waals surface area contributed by atoms with Gasteiger partial charge in [0.1, 0.15) is 22.4 Å². The second-order valence-electron chi connectivity index (χ2n) is 7.66. The fourth-order valence-electron chi connectivity index (χ4n) is 4.14. The third-order valence-electron chi connectivity index (χ3n) is 5.68. The van der Waals surface area contributed by atoms with E-state index in [9.17, 15) is 14.9 Å². The summed E-state index contributed by atoms with van der Waals surface area (Å²) in [5.41, 5.74) is 1.95.